The van der Waals surface area contributed by atoms with Crippen LogP contribution in [0, 0.1) is 11.3 Å². The first-order chi connectivity index (χ1) is 8.21. The molecular formula is C13H19N3S. The van der Waals surface area contributed by atoms with Crippen molar-refractivity contribution in [1.82, 2.24) is 4.90 Å². The van der Waals surface area contributed by atoms with Crippen LogP contribution in [0.2, 0.25) is 0 Å². The van der Waals surface area contributed by atoms with Crippen molar-refractivity contribution in [2.75, 3.05) is 31.1 Å². The fourth-order valence-corrected chi connectivity index (χ4v) is 2.53. The Morgan fingerprint density at radius 3 is 2.59 bits per heavy atom. The first-order valence-electron chi connectivity index (χ1n) is 5.86. The number of nitrogen functional groups attached to an aromatic ring is 1. The summed E-state index contributed by atoms with van der Waals surface area (Å²) in [6.45, 7) is 7.57. The summed E-state index contributed by atoms with van der Waals surface area (Å²) < 4.78 is 0. The lowest BCUT2D eigenvalue weighted by Crippen LogP contribution is -2.25. The zero-order chi connectivity index (χ0) is 12.7. The van der Waals surface area contributed by atoms with Crippen LogP contribution in [-0.2, 0) is 0 Å². The topological polar surface area (TPSA) is 53.0 Å². The number of rotatable bonds is 6. The minimum atomic E-state index is 0.621. The molecule has 1 aromatic carbocycles. The summed E-state index contributed by atoms with van der Waals surface area (Å²) in [5.74, 6) is 1.03. The smallest absolute Gasteiger partial charge is 0.0992 e. The van der Waals surface area contributed by atoms with Gasteiger partial charge in [-0.25, -0.2) is 0 Å². The van der Waals surface area contributed by atoms with Gasteiger partial charge < -0.3 is 10.6 Å². The summed E-state index contributed by atoms with van der Waals surface area (Å²) in [7, 11) is 0. The fourth-order valence-electron chi connectivity index (χ4n) is 1.57. The summed E-state index contributed by atoms with van der Waals surface area (Å²) in [4.78, 5) is 3.45. The van der Waals surface area contributed by atoms with E-state index in [1.807, 2.05) is 12.1 Å². The van der Waals surface area contributed by atoms with E-state index < -0.39 is 0 Å². The van der Waals surface area contributed by atoms with Crippen molar-refractivity contribution in [3.63, 3.8) is 0 Å². The van der Waals surface area contributed by atoms with Crippen LogP contribution in [0.3, 0.4) is 0 Å². The van der Waals surface area contributed by atoms with Gasteiger partial charge in [-0.05, 0) is 31.3 Å². The van der Waals surface area contributed by atoms with Crippen molar-refractivity contribution in [3.05, 3.63) is 23.8 Å². The Labute approximate surface area is 108 Å². The molecule has 0 aromatic heterocycles. The van der Waals surface area contributed by atoms with Gasteiger partial charge in [-0.3, -0.25) is 0 Å². The van der Waals surface area contributed by atoms with Crippen LogP contribution in [0.4, 0.5) is 5.69 Å². The number of nitrogens with zero attached hydrogens (tertiary/aromatic N) is 2. The van der Waals surface area contributed by atoms with Gasteiger partial charge in [0.15, 0.2) is 0 Å². The molecular weight excluding hydrogens is 230 g/mol. The van der Waals surface area contributed by atoms with Gasteiger partial charge in [-0.15, -0.1) is 11.8 Å². The van der Waals surface area contributed by atoms with Gasteiger partial charge in [0, 0.05) is 22.9 Å². The van der Waals surface area contributed by atoms with Gasteiger partial charge in [0.1, 0.15) is 0 Å². The maximum Gasteiger partial charge on any atom is 0.0992 e. The average molecular weight is 249 g/mol. The van der Waals surface area contributed by atoms with Crippen molar-refractivity contribution in [2.45, 2.75) is 18.7 Å². The second-order valence-electron chi connectivity index (χ2n) is 3.74. The summed E-state index contributed by atoms with van der Waals surface area (Å²) in [6.07, 6.45) is 0. The zero-order valence-corrected chi connectivity index (χ0v) is 11.3. The van der Waals surface area contributed by atoms with Crippen molar-refractivity contribution in [3.8, 4) is 6.07 Å². The summed E-state index contributed by atoms with van der Waals surface area (Å²) in [6, 6.07) is 7.57. The molecule has 3 nitrogen and oxygen atoms in total. The van der Waals surface area contributed by atoms with E-state index in [1.165, 1.54) is 0 Å². The third kappa shape index (κ3) is 4.29. The highest BCUT2D eigenvalue weighted by atomic mass is 32.2. The Kier molecular flexibility index (Phi) is 5.88. The largest absolute Gasteiger partial charge is 0.398 e. The lowest BCUT2D eigenvalue weighted by atomic mass is 10.2. The molecule has 0 spiro atoms. The SMILES string of the molecule is CCN(CC)CCSc1ccc(C#N)cc1N. The van der Waals surface area contributed by atoms with E-state index in [1.54, 1.807) is 17.8 Å². The summed E-state index contributed by atoms with van der Waals surface area (Å²) in [5, 5.41) is 8.75. The predicted octanol–water partition coefficient (Wildman–Crippen LogP) is 2.57. The molecule has 0 amide bonds. The lowest BCUT2D eigenvalue weighted by Gasteiger charge is -2.17. The molecule has 0 bridgehead atoms. The molecule has 0 aliphatic carbocycles. The first kappa shape index (κ1) is 13.9. The van der Waals surface area contributed by atoms with E-state index in [-0.39, 0.29) is 0 Å². The van der Waals surface area contributed by atoms with Crippen LogP contribution in [0.25, 0.3) is 0 Å². The van der Waals surface area contributed by atoms with Gasteiger partial charge in [0.2, 0.25) is 0 Å². The Morgan fingerprint density at radius 1 is 1.35 bits per heavy atom. The molecule has 0 radical (unpaired) electrons. The number of hydrogen-bond acceptors (Lipinski definition) is 4. The number of anilines is 1. The van der Waals surface area contributed by atoms with Crippen molar-refractivity contribution in [2.24, 2.45) is 0 Å². The van der Waals surface area contributed by atoms with E-state index in [2.05, 4.69) is 24.8 Å². The second-order valence-corrected chi connectivity index (χ2v) is 4.88. The van der Waals surface area contributed by atoms with Crippen LogP contribution in [0.5, 0.6) is 0 Å². The Hall–Kier alpha value is -1.18. The molecule has 4 heteroatoms. The molecule has 0 unspecified atom stereocenters. The number of hydrogen-bond donors (Lipinski definition) is 1. The molecule has 0 atom stereocenters. The van der Waals surface area contributed by atoms with E-state index in [0.717, 1.165) is 30.3 Å². The molecule has 17 heavy (non-hydrogen) atoms. The van der Waals surface area contributed by atoms with Crippen LogP contribution in [0.15, 0.2) is 23.1 Å². The van der Waals surface area contributed by atoms with Crippen LogP contribution in [-0.4, -0.2) is 30.3 Å². The third-order valence-corrected chi connectivity index (χ3v) is 3.77. The number of nitrogens with two attached hydrogens (primary N) is 1. The van der Waals surface area contributed by atoms with Crippen molar-refractivity contribution >= 4 is 17.4 Å². The number of benzene rings is 1. The molecule has 1 aromatic rings. The van der Waals surface area contributed by atoms with E-state index in [4.69, 9.17) is 11.0 Å². The maximum absolute atomic E-state index is 8.75. The highest BCUT2D eigenvalue weighted by molar-refractivity contribution is 7.99. The van der Waals surface area contributed by atoms with Gasteiger partial charge in [0.25, 0.3) is 0 Å². The molecule has 0 aliphatic rings. The van der Waals surface area contributed by atoms with E-state index in [9.17, 15) is 0 Å². The molecule has 92 valence electrons. The van der Waals surface area contributed by atoms with Crippen LogP contribution in [0.1, 0.15) is 19.4 Å². The highest BCUT2D eigenvalue weighted by Crippen LogP contribution is 2.25. The minimum absolute atomic E-state index is 0.621. The molecule has 1 rings (SSSR count). The molecule has 0 saturated heterocycles. The van der Waals surface area contributed by atoms with E-state index >= 15 is 0 Å². The van der Waals surface area contributed by atoms with Gasteiger partial charge in [0.05, 0.1) is 11.6 Å². The van der Waals surface area contributed by atoms with Gasteiger partial charge >= 0.3 is 0 Å². The van der Waals surface area contributed by atoms with Crippen molar-refractivity contribution < 1.29 is 0 Å². The molecule has 0 saturated carbocycles. The normalized spacial score (nSPS) is 10.5. The van der Waals surface area contributed by atoms with Gasteiger partial charge in [-0.2, -0.15) is 5.26 Å². The molecule has 0 heterocycles. The fraction of sp³-hybridized carbons (Fsp3) is 0.462. The number of thioether (sulfide) groups is 1. The number of nitriles is 1. The Bertz CT molecular complexity index is 394. The van der Waals surface area contributed by atoms with Crippen LogP contribution < -0.4 is 5.73 Å². The predicted molar refractivity (Wildman–Crippen MR) is 74.1 cm³/mol. The third-order valence-electron chi connectivity index (χ3n) is 2.70. The van der Waals surface area contributed by atoms with Crippen molar-refractivity contribution in [1.29, 1.82) is 5.26 Å². The highest BCUT2D eigenvalue weighted by Gasteiger charge is 2.03. The van der Waals surface area contributed by atoms with Crippen LogP contribution >= 0.6 is 11.8 Å². The minimum Gasteiger partial charge on any atom is -0.398 e. The quantitative estimate of drug-likeness (QED) is 0.622. The lowest BCUT2D eigenvalue weighted by molar-refractivity contribution is 0.324. The summed E-state index contributed by atoms with van der Waals surface area (Å²) in [5.41, 5.74) is 7.22. The average Bonchev–Trinajstić information content (AvgIpc) is 2.36. The second kappa shape index (κ2) is 7.21. The molecule has 0 fully saturated rings. The van der Waals surface area contributed by atoms with E-state index in [0.29, 0.717) is 11.3 Å². The van der Waals surface area contributed by atoms with Gasteiger partial charge in [-0.1, -0.05) is 13.8 Å². The Balaban J connectivity index is 2.50. The Morgan fingerprint density at radius 2 is 2.06 bits per heavy atom. The zero-order valence-electron chi connectivity index (χ0n) is 10.4. The monoisotopic (exact) mass is 249 g/mol. The standard InChI is InChI=1S/C13H19N3S/c1-3-16(4-2)7-8-17-13-6-5-11(10-14)9-12(13)15/h5-6,9H,3-4,7-8,15H2,1-2H3. The maximum atomic E-state index is 8.75. The molecule has 2 N–H and O–H groups in total. The first-order valence-corrected chi connectivity index (χ1v) is 6.84. The summed E-state index contributed by atoms with van der Waals surface area (Å²) >= 11 is 1.75. The molecule has 0 aliphatic heterocycles.